The highest BCUT2D eigenvalue weighted by Crippen LogP contribution is 2.28. The van der Waals surface area contributed by atoms with Crippen molar-refractivity contribution in [1.82, 2.24) is 15.2 Å². The third kappa shape index (κ3) is 4.75. The largest absolute Gasteiger partial charge is 0.465 e. The molecular formula is C24H23FN4O5. The molecule has 1 aromatic carbocycles. The van der Waals surface area contributed by atoms with E-state index in [1.807, 2.05) is 0 Å². The van der Waals surface area contributed by atoms with E-state index in [0.29, 0.717) is 46.5 Å². The molecule has 3 heterocycles. The second kappa shape index (κ2) is 9.34. The van der Waals surface area contributed by atoms with Crippen molar-refractivity contribution >= 4 is 40.8 Å². The van der Waals surface area contributed by atoms with Gasteiger partial charge in [0.05, 0.1) is 11.9 Å². The van der Waals surface area contributed by atoms with Crippen LogP contribution in [0, 0.1) is 12.7 Å². The predicted octanol–water partition coefficient (Wildman–Crippen LogP) is 3.47. The van der Waals surface area contributed by atoms with E-state index in [9.17, 15) is 18.8 Å². The van der Waals surface area contributed by atoms with Gasteiger partial charge in [-0.05, 0) is 55.2 Å². The maximum absolute atomic E-state index is 14.1. The van der Waals surface area contributed by atoms with Crippen molar-refractivity contribution in [3.8, 4) is 0 Å². The zero-order valence-electron chi connectivity index (χ0n) is 18.6. The van der Waals surface area contributed by atoms with Gasteiger partial charge in [-0.3, -0.25) is 9.59 Å². The molecule has 1 unspecified atom stereocenters. The summed E-state index contributed by atoms with van der Waals surface area (Å²) < 4.78 is 19.8. The van der Waals surface area contributed by atoms with Gasteiger partial charge in [-0.1, -0.05) is 6.07 Å². The molecule has 3 aromatic rings. The lowest BCUT2D eigenvalue weighted by molar-refractivity contribution is -0.125. The number of nitrogens with one attached hydrogen (secondary N) is 2. The molecule has 0 bridgehead atoms. The Kier molecular flexibility index (Phi) is 6.31. The van der Waals surface area contributed by atoms with E-state index in [2.05, 4.69) is 15.6 Å². The first kappa shape index (κ1) is 23.0. The first-order valence-corrected chi connectivity index (χ1v) is 10.6. The molecule has 0 saturated carbocycles. The van der Waals surface area contributed by atoms with Crippen molar-refractivity contribution < 1.29 is 28.3 Å². The molecule has 1 aliphatic rings. The number of carboxylic acid groups (broad SMARTS) is 1. The maximum Gasteiger partial charge on any atom is 0.405 e. The second-order valence-electron chi connectivity index (χ2n) is 8.10. The van der Waals surface area contributed by atoms with E-state index < -0.39 is 18.0 Å². The third-order valence-corrected chi connectivity index (χ3v) is 5.72. The van der Waals surface area contributed by atoms with Crippen molar-refractivity contribution in [3.05, 3.63) is 64.8 Å². The number of aryl methyl sites for hydroxylation is 2. The average Bonchev–Trinajstić information content (AvgIpc) is 3.02. The zero-order chi connectivity index (χ0) is 24.4. The first-order valence-electron chi connectivity index (χ1n) is 10.6. The number of fused-ring (bicyclic) bond motifs is 2. The van der Waals surface area contributed by atoms with Crippen molar-refractivity contribution in [2.75, 3.05) is 12.4 Å². The minimum absolute atomic E-state index is 0.176. The van der Waals surface area contributed by atoms with E-state index in [4.69, 9.17) is 9.52 Å². The Hall–Kier alpha value is -4.21. The molecule has 0 aliphatic carbocycles. The number of hydrogen-bond donors (Lipinski definition) is 3. The van der Waals surface area contributed by atoms with Crippen molar-refractivity contribution in [3.63, 3.8) is 0 Å². The van der Waals surface area contributed by atoms with Crippen LogP contribution in [0.2, 0.25) is 0 Å². The minimum atomic E-state index is -1.27. The Labute approximate surface area is 194 Å². The molecule has 3 amide bonds. The quantitative estimate of drug-likeness (QED) is 0.495. The highest BCUT2D eigenvalue weighted by atomic mass is 19.1. The molecule has 0 radical (unpaired) electrons. The highest BCUT2D eigenvalue weighted by molar-refractivity contribution is 5.97. The Bertz CT molecular complexity index is 1320. The monoisotopic (exact) mass is 466 g/mol. The van der Waals surface area contributed by atoms with Crippen LogP contribution in [-0.4, -0.2) is 46.0 Å². The number of aromatic nitrogens is 1. The molecule has 4 rings (SSSR count). The van der Waals surface area contributed by atoms with Crippen LogP contribution in [0.4, 0.5) is 15.0 Å². The van der Waals surface area contributed by atoms with Crippen molar-refractivity contribution in [1.29, 1.82) is 0 Å². The van der Waals surface area contributed by atoms with E-state index in [0.717, 1.165) is 5.56 Å². The Morgan fingerprint density at radius 3 is 2.94 bits per heavy atom. The van der Waals surface area contributed by atoms with E-state index in [1.54, 1.807) is 38.2 Å². The maximum atomic E-state index is 14.1. The van der Waals surface area contributed by atoms with Crippen LogP contribution >= 0.6 is 0 Å². The third-order valence-electron chi connectivity index (χ3n) is 5.72. The van der Waals surface area contributed by atoms with E-state index in [1.165, 1.54) is 23.2 Å². The second-order valence-corrected chi connectivity index (χ2v) is 8.10. The topological polar surface area (TPSA) is 125 Å². The molecule has 3 N–H and O–H groups in total. The summed E-state index contributed by atoms with van der Waals surface area (Å²) in [6.45, 7) is 1.94. The molecule has 34 heavy (non-hydrogen) atoms. The van der Waals surface area contributed by atoms with Gasteiger partial charge in [-0.25, -0.2) is 14.2 Å². The van der Waals surface area contributed by atoms with Gasteiger partial charge in [-0.15, -0.1) is 0 Å². The Balaban J connectivity index is 1.44. The van der Waals surface area contributed by atoms with Crippen LogP contribution in [0.3, 0.4) is 0 Å². The van der Waals surface area contributed by atoms with Gasteiger partial charge in [0.2, 0.25) is 11.8 Å². The van der Waals surface area contributed by atoms with Gasteiger partial charge in [-0.2, -0.15) is 0 Å². The molecule has 9 nitrogen and oxygen atoms in total. The number of pyridine rings is 1. The number of rotatable bonds is 5. The smallest absolute Gasteiger partial charge is 0.405 e. The van der Waals surface area contributed by atoms with Crippen LogP contribution in [0.5, 0.6) is 0 Å². The number of likely N-dealkylation sites (N-methyl/N-ethyl adjacent to an activating group) is 1. The summed E-state index contributed by atoms with van der Waals surface area (Å²) in [6, 6.07) is 5.56. The Morgan fingerprint density at radius 2 is 2.21 bits per heavy atom. The zero-order valence-corrected chi connectivity index (χ0v) is 18.6. The van der Waals surface area contributed by atoms with Crippen molar-refractivity contribution in [2.24, 2.45) is 0 Å². The van der Waals surface area contributed by atoms with Gasteiger partial charge in [0.25, 0.3) is 0 Å². The number of benzene rings is 1. The van der Waals surface area contributed by atoms with Gasteiger partial charge in [0.15, 0.2) is 0 Å². The van der Waals surface area contributed by atoms with Gasteiger partial charge in [0.1, 0.15) is 29.0 Å². The number of carbonyl (C=O) groups excluding carboxylic acids is 2. The van der Waals surface area contributed by atoms with Gasteiger partial charge >= 0.3 is 6.09 Å². The van der Waals surface area contributed by atoms with Crippen LogP contribution < -0.4 is 10.6 Å². The summed E-state index contributed by atoms with van der Waals surface area (Å²) in [7, 11) is 1.62. The normalized spacial score (nSPS) is 15.6. The Morgan fingerprint density at radius 1 is 1.41 bits per heavy atom. The van der Waals surface area contributed by atoms with Crippen LogP contribution in [0.15, 0.2) is 41.0 Å². The molecule has 1 aliphatic heterocycles. The fourth-order valence-electron chi connectivity index (χ4n) is 3.89. The number of nitrogens with zero attached hydrogens (tertiary/aromatic N) is 2. The molecule has 1 atom stereocenters. The number of amides is 3. The number of hydrogen-bond acceptors (Lipinski definition) is 5. The fraction of sp³-hybridized carbons (Fsp3) is 0.250. The lowest BCUT2D eigenvalue weighted by Crippen LogP contribution is -2.42. The fourth-order valence-corrected chi connectivity index (χ4v) is 3.89. The molecular weight excluding hydrogens is 443 g/mol. The summed E-state index contributed by atoms with van der Waals surface area (Å²) in [5.74, 6) is -0.233. The number of furan rings is 1. The SMILES string of the molecule is Cc1c(CN(C)C(=O)/C=C/c2cnc3c(c2)CCC(NC(=O)O)C(=O)N3)oc2cccc(F)c12. The molecule has 10 heteroatoms. The molecule has 0 saturated heterocycles. The van der Waals surface area contributed by atoms with Crippen LogP contribution in [0.1, 0.15) is 28.9 Å². The molecule has 176 valence electrons. The highest BCUT2D eigenvalue weighted by Gasteiger charge is 2.25. The summed E-state index contributed by atoms with van der Waals surface area (Å²) in [4.78, 5) is 41.4. The predicted molar refractivity (Wildman–Crippen MR) is 123 cm³/mol. The lowest BCUT2D eigenvalue weighted by Gasteiger charge is -2.14. The van der Waals surface area contributed by atoms with E-state index >= 15 is 0 Å². The van der Waals surface area contributed by atoms with Crippen molar-refractivity contribution in [2.45, 2.75) is 32.4 Å². The standard InChI is InChI=1S/C24H23FN4O5/c1-13-19(34-18-5-3-4-16(25)21(13)18)12-29(2)20(30)9-6-14-10-15-7-8-17(27-24(32)33)23(31)28-22(15)26-11-14/h3-6,9-11,17,27H,7-8,12H2,1-2H3,(H,32,33)(H,26,28,31)/b9-6+. The summed E-state index contributed by atoms with van der Waals surface area (Å²) in [5.41, 5.74) is 2.49. The molecule has 0 fully saturated rings. The first-order chi connectivity index (χ1) is 16.2. The molecule has 0 spiro atoms. The average molecular weight is 466 g/mol. The number of anilines is 1. The van der Waals surface area contributed by atoms with Crippen LogP contribution in [0.25, 0.3) is 17.0 Å². The van der Waals surface area contributed by atoms with Gasteiger partial charge < -0.3 is 25.1 Å². The summed E-state index contributed by atoms with van der Waals surface area (Å²) in [6.07, 6.45) is 3.97. The van der Waals surface area contributed by atoms with E-state index in [-0.39, 0.29) is 18.3 Å². The lowest BCUT2D eigenvalue weighted by atomic mass is 10.1. The summed E-state index contributed by atoms with van der Waals surface area (Å²) >= 11 is 0. The summed E-state index contributed by atoms with van der Waals surface area (Å²) in [5, 5.41) is 14.1. The van der Waals surface area contributed by atoms with Gasteiger partial charge in [0, 0.05) is 24.9 Å². The van der Waals surface area contributed by atoms with Crippen LogP contribution in [-0.2, 0) is 22.6 Å². The minimum Gasteiger partial charge on any atom is -0.465 e. The molecule has 2 aromatic heterocycles. The number of carbonyl (C=O) groups is 3. The number of halogens is 1.